The van der Waals surface area contributed by atoms with Gasteiger partial charge in [0.05, 0.1) is 6.04 Å². The van der Waals surface area contributed by atoms with Crippen molar-refractivity contribution in [3.63, 3.8) is 0 Å². The Hall–Kier alpha value is -3.87. The second-order valence-electron chi connectivity index (χ2n) is 9.88. The average Bonchev–Trinajstić information content (AvgIpc) is 3.39. The normalized spacial score (nSPS) is 17.9. The molecule has 1 aliphatic rings. The fraction of sp³-hybridized carbons (Fsp3) is 0.577. The Kier molecular flexibility index (Phi) is 12.0. The van der Waals surface area contributed by atoms with E-state index in [1.165, 1.54) is 17.0 Å². The van der Waals surface area contributed by atoms with Gasteiger partial charge in [-0.15, -0.1) is 0 Å². The second kappa shape index (κ2) is 14.9. The van der Waals surface area contributed by atoms with Crippen molar-refractivity contribution in [2.45, 2.75) is 76.5 Å². The van der Waals surface area contributed by atoms with E-state index >= 15 is 0 Å². The number of likely N-dealkylation sites (tertiary alicyclic amines) is 1. The zero-order chi connectivity index (χ0) is 29.1. The van der Waals surface area contributed by atoms with Crippen molar-refractivity contribution in [2.75, 3.05) is 13.1 Å². The summed E-state index contributed by atoms with van der Waals surface area (Å²) in [4.78, 5) is 56.7. The molecule has 1 saturated heterocycles. The Labute approximate surface area is 228 Å². The minimum atomic E-state index is -1.21. The summed E-state index contributed by atoms with van der Waals surface area (Å²) in [6.07, 6.45) is 2.12. The van der Waals surface area contributed by atoms with E-state index in [0.29, 0.717) is 31.2 Å². The van der Waals surface area contributed by atoms with Gasteiger partial charge in [-0.3, -0.25) is 19.4 Å². The van der Waals surface area contributed by atoms with Crippen LogP contribution in [0, 0.1) is 5.92 Å². The van der Waals surface area contributed by atoms with Gasteiger partial charge < -0.3 is 42.9 Å². The van der Waals surface area contributed by atoms with Crippen LogP contribution in [0.3, 0.4) is 0 Å². The van der Waals surface area contributed by atoms with Gasteiger partial charge in [-0.1, -0.05) is 32.4 Å². The number of phenolic OH excluding ortho intramolecular Hbond substituents is 1. The summed E-state index contributed by atoms with van der Waals surface area (Å²) in [6.45, 7) is 4.25. The first-order chi connectivity index (χ1) is 18.4. The Morgan fingerprint density at radius 2 is 1.79 bits per heavy atom. The molecule has 0 saturated carbocycles. The summed E-state index contributed by atoms with van der Waals surface area (Å²) in [7, 11) is 0. The van der Waals surface area contributed by atoms with Crippen LogP contribution in [0.2, 0.25) is 0 Å². The highest BCUT2D eigenvalue weighted by atomic mass is 16.4. The monoisotopic (exact) mass is 547 g/mol. The van der Waals surface area contributed by atoms with Crippen LogP contribution >= 0.6 is 0 Å². The van der Waals surface area contributed by atoms with Crippen LogP contribution in [-0.4, -0.2) is 82.0 Å². The van der Waals surface area contributed by atoms with Gasteiger partial charge in [0.25, 0.3) is 0 Å². The smallest absolute Gasteiger partial charge is 0.326 e. The van der Waals surface area contributed by atoms with Crippen LogP contribution in [-0.2, 0) is 25.6 Å². The number of phenols is 1. The lowest BCUT2D eigenvalue weighted by atomic mass is 9.98. The molecular formula is C26H41N7O6. The van der Waals surface area contributed by atoms with Crippen LogP contribution in [0.15, 0.2) is 29.3 Å². The zero-order valence-corrected chi connectivity index (χ0v) is 22.5. The molecule has 1 aliphatic heterocycles. The van der Waals surface area contributed by atoms with E-state index in [-0.39, 0.29) is 43.6 Å². The predicted octanol–water partition coefficient (Wildman–Crippen LogP) is -0.593. The molecule has 2 rings (SSSR count). The third-order valence-corrected chi connectivity index (χ3v) is 6.95. The number of carboxylic acids is 1. The molecule has 5 atom stereocenters. The molecule has 0 aromatic heterocycles. The Bertz CT molecular complexity index is 1030. The number of guanidine groups is 1. The van der Waals surface area contributed by atoms with Gasteiger partial charge >= 0.3 is 5.97 Å². The Morgan fingerprint density at radius 3 is 2.38 bits per heavy atom. The van der Waals surface area contributed by atoms with Crippen LogP contribution in [0.4, 0.5) is 0 Å². The van der Waals surface area contributed by atoms with Crippen LogP contribution < -0.4 is 27.8 Å². The van der Waals surface area contributed by atoms with E-state index in [9.17, 15) is 29.4 Å². The van der Waals surface area contributed by atoms with E-state index < -0.39 is 47.9 Å². The topological polar surface area (TPSA) is 226 Å². The number of aliphatic imine (C=N–C) groups is 1. The lowest BCUT2D eigenvalue weighted by Crippen LogP contribution is -2.58. The molecule has 0 radical (unpaired) electrons. The number of aromatic hydroxyl groups is 1. The van der Waals surface area contributed by atoms with Crippen LogP contribution in [0.1, 0.15) is 51.5 Å². The summed E-state index contributed by atoms with van der Waals surface area (Å²) in [5.41, 5.74) is 17.4. The molecule has 39 heavy (non-hydrogen) atoms. The molecule has 216 valence electrons. The number of carboxylic acid groups (broad SMARTS) is 1. The molecule has 0 aliphatic carbocycles. The highest BCUT2D eigenvalue weighted by Crippen LogP contribution is 2.21. The van der Waals surface area contributed by atoms with Crippen molar-refractivity contribution in [1.29, 1.82) is 0 Å². The molecule has 0 spiro atoms. The van der Waals surface area contributed by atoms with E-state index in [4.69, 9.17) is 17.2 Å². The maximum absolute atomic E-state index is 13.7. The van der Waals surface area contributed by atoms with Gasteiger partial charge in [0.1, 0.15) is 23.9 Å². The summed E-state index contributed by atoms with van der Waals surface area (Å²) in [6, 6.07) is 2.35. The number of benzene rings is 1. The van der Waals surface area contributed by atoms with Crippen LogP contribution in [0.25, 0.3) is 0 Å². The SMILES string of the molecule is CC[C@H](C)[C@H](N)C(=O)N[C@@H](Cc1ccc(O)cc1)C(=O)N1CCC[C@H]1C(=O)N[C@@H](CCCN=C(N)N)C(=O)O. The summed E-state index contributed by atoms with van der Waals surface area (Å²) in [5.74, 6) is -2.89. The molecule has 10 N–H and O–H groups in total. The number of nitrogens with two attached hydrogens (primary N) is 3. The molecule has 13 nitrogen and oxygen atoms in total. The summed E-state index contributed by atoms with van der Waals surface area (Å²) in [5, 5.41) is 24.5. The van der Waals surface area contributed by atoms with Crippen LogP contribution in [0.5, 0.6) is 5.75 Å². The number of nitrogens with zero attached hydrogens (tertiary/aromatic N) is 2. The summed E-state index contributed by atoms with van der Waals surface area (Å²) < 4.78 is 0. The molecule has 13 heteroatoms. The van der Waals surface area contributed by atoms with Crippen molar-refractivity contribution in [1.82, 2.24) is 15.5 Å². The maximum Gasteiger partial charge on any atom is 0.326 e. The number of nitrogens with one attached hydrogen (secondary N) is 2. The van der Waals surface area contributed by atoms with Crippen molar-refractivity contribution in [3.05, 3.63) is 29.8 Å². The van der Waals surface area contributed by atoms with Gasteiger partial charge in [0.15, 0.2) is 5.96 Å². The predicted molar refractivity (Wildman–Crippen MR) is 145 cm³/mol. The number of hydrogen-bond acceptors (Lipinski definition) is 7. The zero-order valence-electron chi connectivity index (χ0n) is 22.5. The average molecular weight is 548 g/mol. The first-order valence-corrected chi connectivity index (χ1v) is 13.2. The molecule has 1 fully saturated rings. The molecule has 0 unspecified atom stereocenters. The maximum atomic E-state index is 13.7. The molecular weight excluding hydrogens is 506 g/mol. The lowest BCUT2D eigenvalue weighted by Gasteiger charge is -2.30. The molecule has 0 bridgehead atoms. The van der Waals surface area contributed by atoms with Gasteiger partial charge in [0.2, 0.25) is 17.7 Å². The fourth-order valence-corrected chi connectivity index (χ4v) is 4.38. The number of aliphatic carboxylic acids is 1. The molecule has 1 aromatic carbocycles. The van der Waals surface area contributed by atoms with Crippen molar-refractivity contribution in [3.8, 4) is 5.75 Å². The number of carbonyl (C=O) groups is 4. The minimum Gasteiger partial charge on any atom is -0.508 e. The third-order valence-electron chi connectivity index (χ3n) is 6.95. The van der Waals surface area contributed by atoms with Crippen molar-refractivity contribution < 1.29 is 29.4 Å². The quantitative estimate of drug-likeness (QED) is 0.0895. The third kappa shape index (κ3) is 9.43. The minimum absolute atomic E-state index is 0.0621. The largest absolute Gasteiger partial charge is 0.508 e. The van der Waals surface area contributed by atoms with E-state index in [1.54, 1.807) is 12.1 Å². The van der Waals surface area contributed by atoms with E-state index in [2.05, 4.69) is 15.6 Å². The number of hydrogen-bond donors (Lipinski definition) is 7. The Morgan fingerprint density at radius 1 is 1.13 bits per heavy atom. The lowest BCUT2D eigenvalue weighted by molar-refractivity contribution is -0.145. The first kappa shape index (κ1) is 31.3. The van der Waals surface area contributed by atoms with E-state index in [0.717, 1.165) is 0 Å². The number of rotatable bonds is 14. The Balaban J connectivity index is 2.19. The van der Waals surface area contributed by atoms with E-state index in [1.807, 2.05) is 13.8 Å². The number of carbonyl (C=O) groups excluding carboxylic acids is 3. The molecule has 1 aromatic rings. The summed E-state index contributed by atoms with van der Waals surface area (Å²) >= 11 is 0. The van der Waals surface area contributed by atoms with Crippen molar-refractivity contribution in [2.24, 2.45) is 28.1 Å². The highest BCUT2D eigenvalue weighted by molar-refractivity contribution is 5.94. The molecule has 1 heterocycles. The number of amides is 3. The second-order valence-corrected chi connectivity index (χ2v) is 9.88. The first-order valence-electron chi connectivity index (χ1n) is 13.2. The fourth-order valence-electron chi connectivity index (χ4n) is 4.38. The van der Waals surface area contributed by atoms with Gasteiger partial charge in [-0.05, 0) is 49.3 Å². The highest BCUT2D eigenvalue weighted by Gasteiger charge is 2.39. The van der Waals surface area contributed by atoms with Gasteiger partial charge in [0, 0.05) is 19.5 Å². The molecule has 3 amide bonds. The standard InChI is InChI=1S/C26H41N7O6/c1-3-15(2)21(27)23(36)32-19(14-16-8-10-17(34)11-9-16)24(37)33-13-5-7-20(33)22(35)31-18(25(38)39)6-4-12-30-26(28)29/h8-11,15,18-21,34H,3-7,12-14,27H2,1-2H3,(H,31,35)(H,32,36)(H,38,39)(H4,28,29,30)/t15-,18-,19-,20-,21-/m0/s1. The van der Waals surface area contributed by atoms with Crippen molar-refractivity contribution >= 4 is 29.7 Å². The van der Waals surface area contributed by atoms with Gasteiger partial charge in [-0.25, -0.2) is 4.79 Å². The van der Waals surface area contributed by atoms with Gasteiger partial charge in [-0.2, -0.15) is 0 Å².